The number of nitrogens with zero attached hydrogens (tertiary/aromatic N) is 1. The molecule has 2 unspecified atom stereocenters. The van der Waals surface area contributed by atoms with Crippen LogP contribution in [0.15, 0.2) is 30.3 Å². The number of methoxy groups -OCH3 is 1. The molecular weight excluding hydrogens is 277 g/mol. The first-order valence-electron chi connectivity index (χ1n) is 6.81. The molecule has 1 aliphatic heterocycles. The number of esters is 1. The summed E-state index contributed by atoms with van der Waals surface area (Å²) in [4.78, 5) is 24.9. The van der Waals surface area contributed by atoms with Gasteiger partial charge in [0.05, 0.1) is 13.7 Å². The lowest BCUT2D eigenvalue weighted by atomic mass is 10.0. The summed E-state index contributed by atoms with van der Waals surface area (Å²) in [5, 5.41) is 0. The average molecular weight is 295 g/mol. The van der Waals surface area contributed by atoms with Gasteiger partial charge in [0, 0.05) is 0 Å². The third-order valence-electron chi connectivity index (χ3n) is 3.44. The standard InChI is InChI=1S/C15H18FNO4/c1-20-14(18)13-8-7-12(16)9-17(13)15(19)21-10-11-5-3-2-4-6-11/h2-6,12-13H,7-10H2,1H3. The quantitative estimate of drug-likeness (QED) is 0.803. The molecule has 114 valence electrons. The molecule has 6 heteroatoms. The van der Waals surface area contributed by atoms with Gasteiger partial charge in [-0.05, 0) is 18.4 Å². The van der Waals surface area contributed by atoms with Crippen LogP contribution < -0.4 is 0 Å². The zero-order valence-corrected chi connectivity index (χ0v) is 11.8. The first-order chi connectivity index (χ1) is 10.1. The number of rotatable bonds is 3. The number of ether oxygens (including phenoxy) is 2. The molecule has 1 aromatic carbocycles. The van der Waals surface area contributed by atoms with Gasteiger partial charge in [-0.3, -0.25) is 4.90 Å². The van der Waals surface area contributed by atoms with Crippen molar-refractivity contribution in [2.75, 3.05) is 13.7 Å². The van der Waals surface area contributed by atoms with E-state index >= 15 is 0 Å². The van der Waals surface area contributed by atoms with Crippen molar-refractivity contribution in [1.82, 2.24) is 4.90 Å². The van der Waals surface area contributed by atoms with Crippen LogP contribution in [0.2, 0.25) is 0 Å². The average Bonchev–Trinajstić information content (AvgIpc) is 2.52. The number of halogens is 1. The molecule has 1 amide bonds. The summed E-state index contributed by atoms with van der Waals surface area (Å²) in [5.41, 5.74) is 0.828. The number of benzene rings is 1. The first-order valence-corrected chi connectivity index (χ1v) is 6.81. The molecule has 1 heterocycles. The van der Waals surface area contributed by atoms with Crippen molar-refractivity contribution in [2.24, 2.45) is 0 Å². The lowest BCUT2D eigenvalue weighted by Gasteiger charge is -2.34. The zero-order valence-electron chi connectivity index (χ0n) is 11.8. The number of hydrogen-bond donors (Lipinski definition) is 0. The van der Waals surface area contributed by atoms with Gasteiger partial charge in [0.15, 0.2) is 0 Å². The summed E-state index contributed by atoms with van der Waals surface area (Å²) in [6, 6.07) is 8.39. The lowest BCUT2D eigenvalue weighted by Crippen LogP contribution is -2.51. The topological polar surface area (TPSA) is 55.8 Å². The minimum Gasteiger partial charge on any atom is -0.467 e. The van der Waals surface area contributed by atoms with E-state index in [1.54, 1.807) is 0 Å². The summed E-state index contributed by atoms with van der Waals surface area (Å²) in [6.07, 6.45) is -1.36. The van der Waals surface area contributed by atoms with Crippen molar-refractivity contribution in [2.45, 2.75) is 31.7 Å². The Morgan fingerprint density at radius 1 is 1.29 bits per heavy atom. The van der Waals surface area contributed by atoms with Gasteiger partial charge in [-0.15, -0.1) is 0 Å². The summed E-state index contributed by atoms with van der Waals surface area (Å²) < 4.78 is 23.3. The fourth-order valence-corrected chi connectivity index (χ4v) is 2.31. The molecule has 0 aromatic heterocycles. The highest BCUT2D eigenvalue weighted by molar-refractivity contribution is 5.81. The number of hydrogen-bond acceptors (Lipinski definition) is 4. The minimum absolute atomic E-state index is 0.0843. The van der Waals surface area contributed by atoms with E-state index in [0.29, 0.717) is 0 Å². The molecule has 1 aliphatic rings. The summed E-state index contributed by atoms with van der Waals surface area (Å²) >= 11 is 0. The Morgan fingerprint density at radius 2 is 2.00 bits per heavy atom. The molecule has 2 atom stereocenters. The Labute approximate surface area is 122 Å². The molecule has 0 saturated carbocycles. The van der Waals surface area contributed by atoms with Gasteiger partial charge in [0.1, 0.15) is 18.8 Å². The third-order valence-corrected chi connectivity index (χ3v) is 3.44. The van der Waals surface area contributed by atoms with E-state index in [2.05, 4.69) is 4.74 Å². The molecule has 0 aliphatic carbocycles. The van der Waals surface area contributed by atoms with Gasteiger partial charge in [-0.1, -0.05) is 30.3 Å². The van der Waals surface area contributed by atoms with Crippen LogP contribution in [0.3, 0.4) is 0 Å². The highest BCUT2D eigenvalue weighted by Crippen LogP contribution is 2.21. The van der Waals surface area contributed by atoms with E-state index in [1.165, 1.54) is 7.11 Å². The van der Waals surface area contributed by atoms with Crippen LogP contribution in [0.25, 0.3) is 0 Å². The summed E-state index contributed by atoms with van der Waals surface area (Å²) in [5.74, 6) is -0.543. The third kappa shape index (κ3) is 3.93. The van der Waals surface area contributed by atoms with Crippen molar-refractivity contribution in [3.05, 3.63) is 35.9 Å². The van der Waals surface area contributed by atoms with E-state index in [1.807, 2.05) is 30.3 Å². The largest absolute Gasteiger partial charge is 0.467 e. The van der Waals surface area contributed by atoms with Crippen molar-refractivity contribution < 1.29 is 23.5 Å². The van der Waals surface area contributed by atoms with E-state index in [-0.39, 0.29) is 26.0 Å². The molecule has 0 N–H and O–H groups in total. The second-order valence-electron chi connectivity index (χ2n) is 4.91. The summed E-state index contributed by atoms with van der Waals surface area (Å²) in [7, 11) is 1.25. The van der Waals surface area contributed by atoms with Crippen LogP contribution in [0.4, 0.5) is 9.18 Å². The van der Waals surface area contributed by atoms with Gasteiger partial charge in [-0.25, -0.2) is 14.0 Å². The number of carbonyl (C=O) groups excluding carboxylic acids is 2. The zero-order chi connectivity index (χ0) is 15.2. The Hall–Kier alpha value is -2.11. The van der Waals surface area contributed by atoms with E-state index in [9.17, 15) is 14.0 Å². The highest BCUT2D eigenvalue weighted by Gasteiger charge is 2.37. The summed E-state index contributed by atoms with van der Waals surface area (Å²) in [6.45, 7) is -0.0611. The molecular formula is C15H18FNO4. The molecule has 0 radical (unpaired) electrons. The Morgan fingerprint density at radius 3 is 2.67 bits per heavy atom. The van der Waals surface area contributed by atoms with Gasteiger partial charge in [0.2, 0.25) is 0 Å². The normalized spacial score (nSPS) is 21.7. The SMILES string of the molecule is COC(=O)C1CCC(F)CN1C(=O)OCc1ccccc1. The molecule has 2 rings (SSSR count). The Bertz CT molecular complexity index is 494. The smallest absolute Gasteiger partial charge is 0.410 e. The van der Waals surface area contributed by atoms with Crippen LogP contribution in [-0.2, 0) is 20.9 Å². The molecule has 0 bridgehead atoms. The van der Waals surface area contributed by atoms with Crippen molar-refractivity contribution >= 4 is 12.1 Å². The van der Waals surface area contributed by atoms with Crippen LogP contribution >= 0.6 is 0 Å². The van der Waals surface area contributed by atoms with Crippen molar-refractivity contribution in [3.63, 3.8) is 0 Å². The van der Waals surface area contributed by atoms with Crippen LogP contribution in [0, 0.1) is 0 Å². The Balaban J connectivity index is 1.98. The molecule has 21 heavy (non-hydrogen) atoms. The van der Waals surface area contributed by atoms with E-state index in [0.717, 1.165) is 10.5 Å². The van der Waals surface area contributed by atoms with E-state index in [4.69, 9.17) is 4.74 Å². The first kappa shape index (κ1) is 15.3. The monoisotopic (exact) mass is 295 g/mol. The second-order valence-corrected chi connectivity index (χ2v) is 4.91. The van der Waals surface area contributed by atoms with Crippen molar-refractivity contribution in [3.8, 4) is 0 Å². The lowest BCUT2D eigenvalue weighted by molar-refractivity contribution is -0.148. The maximum atomic E-state index is 13.5. The van der Waals surface area contributed by atoms with Gasteiger partial charge < -0.3 is 9.47 Å². The highest BCUT2D eigenvalue weighted by atomic mass is 19.1. The van der Waals surface area contributed by atoms with Gasteiger partial charge in [-0.2, -0.15) is 0 Å². The maximum absolute atomic E-state index is 13.5. The maximum Gasteiger partial charge on any atom is 0.410 e. The predicted octanol–water partition coefficient (Wildman–Crippen LogP) is 2.30. The van der Waals surface area contributed by atoms with Crippen LogP contribution in [-0.4, -0.2) is 42.8 Å². The Kier molecular flexibility index (Phi) is 5.14. The molecule has 1 saturated heterocycles. The van der Waals surface area contributed by atoms with Crippen LogP contribution in [0.1, 0.15) is 18.4 Å². The number of carbonyl (C=O) groups is 2. The van der Waals surface area contributed by atoms with Crippen molar-refractivity contribution in [1.29, 1.82) is 0 Å². The number of alkyl halides is 1. The fraction of sp³-hybridized carbons (Fsp3) is 0.467. The molecule has 1 aromatic rings. The molecule has 5 nitrogen and oxygen atoms in total. The van der Waals surface area contributed by atoms with Crippen LogP contribution in [0.5, 0.6) is 0 Å². The molecule has 1 fully saturated rings. The predicted molar refractivity (Wildman–Crippen MR) is 73.3 cm³/mol. The minimum atomic E-state index is -1.14. The molecule has 0 spiro atoms. The number of likely N-dealkylation sites (tertiary alicyclic amines) is 1. The second kappa shape index (κ2) is 7.06. The van der Waals surface area contributed by atoms with Gasteiger partial charge >= 0.3 is 12.1 Å². The van der Waals surface area contributed by atoms with E-state index < -0.39 is 24.3 Å². The van der Waals surface area contributed by atoms with Gasteiger partial charge in [0.25, 0.3) is 0 Å². The number of amides is 1. The fourth-order valence-electron chi connectivity index (χ4n) is 2.31. The number of piperidine rings is 1.